The molecule has 1 heterocycles. The van der Waals surface area contributed by atoms with E-state index in [2.05, 4.69) is 21.0 Å². The fourth-order valence-corrected chi connectivity index (χ4v) is 3.51. The summed E-state index contributed by atoms with van der Waals surface area (Å²) in [5.74, 6) is -0.373. The number of aryl methyl sites for hydroxylation is 2. The van der Waals surface area contributed by atoms with Crippen LogP contribution in [0, 0.1) is 9.39 Å². The topological polar surface area (TPSA) is 34.9 Å². The molecule has 0 saturated carbocycles. The van der Waals surface area contributed by atoms with Gasteiger partial charge in [-0.25, -0.2) is 4.39 Å². The summed E-state index contributed by atoms with van der Waals surface area (Å²) < 4.78 is 16.3. The van der Waals surface area contributed by atoms with Crippen LogP contribution < -0.4 is 0 Å². The minimum absolute atomic E-state index is 0.0410. The Balaban J connectivity index is 2.30. The second-order valence-corrected chi connectivity index (χ2v) is 6.36. The summed E-state index contributed by atoms with van der Waals surface area (Å²) >= 11 is 5.47. The van der Waals surface area contributed by atoms with E-state index < -0.39 is 0 Å². The van der Waals surface area contributed by atoms with Crippen molar-refractivity contribution in [2.24, 2.45) is 7.05 Å². The first-order valence-electron chi connectivity index (χ1n) is 6.12. The lowest BCUT2D eigenvalue weighted by molar-refractivity contribution is 0.0989. The van der Waals surface area contributed by atoms with Crippen molar-refractivity contribution in [1.82, 2.24) is 9.78 Å². The summed E-state index contributed by atoms with van der Waals surface area (Å²) in [6, 6.07) is 4.21. The van der Waals surface area contributed by atoms with Crippen molar-refractivity contribution in [3.8, 4) is 0 Å². The molecular weight excluding hydrogens is 438 g/mol. The molecule has 2 aromatic rings. The molecule has 0 spiro atoms. The molecular formula is C14H13BrFIN2O. The Morgan fingerprint density at radius 1 is 1.50 bits per heavy atom. The van der Waals surface area contributed by atoms with Crippen LogP contribution in [-0.2, 0) is 19.9 Å². The highest BCUT2D eigenvalue weighted by Crippen LogP contribution is 2.24. The van der Waals surface area contributed by atoms with Crippen molar-refractivity contribution >= 4 is 44.3 Å². The van der Waals surface area contributed by atoms with E-state index in [9.17, 15) is 9.18 Å². The Bertz CT molecular complexity index is 669. The molecule has 20 heavy (non-hydrogen) atoms. The quantitative estimate of drug-likeness (QED) is 0.522. The minimum Gasteiger partial charge on any atom is -0.294 e. The molecule has 0 aliphatic rings. The Morgan fingerprint density at radius 3 is 2.75 bits per heavy atom. The van der Waals surface area contributed by atoms with Crippen molar-refractivity contribution in [1.29, 1.82) is 0 Å². The predicted octanol–water partition coefficient (Wildman–Crippen LogP) is 3.91. The molecule has 6 heteroatoms. The molecule has 1 aromatic carbocycles. The maximum Gasteiger partial charge on any atom is 0.169 e. The highest BCUT2D eigenvalue weighted by molar-refractivity contribution is 14.1. The standard InChI is InChI=1S/C14H13BrFIN2O/c1-3-11-14(15)12(19(2)18-11)7-13(20)9-5-4-8(16)6-10(9)17/h4-6H,3,7H2,1-2H3. The molecule has 0 bridgehead atoms. The van der Waals surface area contributed by atoms with Gasteiger partial charge in [-0.15, -0.1) is 0 Å². The summed E-state index contributed by atoms with van der Waals surface area (Å²) in [6.45, 7) is 2.02. The molecule has 0 unspecified atom stereocenters. The van der Waals surface area contributed by atoms with Gasteiger partial charge in [0.25, 0.3) is 0 Å². The van der Waals surface area contributed by atoms with Crippen LogP contribution in [0.15, 0.2) is 22.7 Å². The third kappa shape index (κ3) is 3.11. The summed E-state index contributed by atoms with van der Waals surface area (Å²) in [7, 11) is 1.82. The van der Waals surface area contributed by atoms with E-state index in [0.29, 0.717) is 9.13 Å². The molecule has 0 N–H and O–H groups in total. The summed E-state index contributed by atoms with van der Waals surface area (Å²) in [6.07, 6.45) is 1.04. The summed E-state index contributed by atoms with van der Waals surface area (Å²) in [4.78, 5) is 12.4. The third-order valence-electron chi connectivity index (χ3n) is 3.06. The van der Waals surface area contributed by atoms with Gasteiger partial charge in [0.15, 0.2) is 5.78 Å². The molecule has 0 aliphatic carbocycles. The van der Waals surface area contributed by atoms with Gasteiger partial charge in [0, 0.05) is 16.2 Å². The number of aromatic nitrogens is 2. The zero-order valence-corrected chi connectivity index (χ0v) is 14.8. The van der Waals surface area contributed by atoms with E-state index >= 15 is 0 Å². The number of halogens is 3. The Morgan fingerprint density at radius 2 is 2.20 bits per heavy atom. The van der Waals surface area contributed by atoms with E-state index in [-0.39, 0.29) is 18.0 Å². The molecule has 0 radical (unpaired) electrons. The van der Waals surface area contributed by atoms with Gasteiger partial charge in [-0.3, -0.25) is 9.48 Å². The molecule has 0 aliphatic heterocycles. The van der Waals surface area contributed by atoms with E-state index in [1.54, 1.807) is 4.68 Å². The average molecular weight is 451 g/mol. The first kappa shape index (κ1) is 15.6. The molecule has 106 valence electrons. The monoisotopic (exact) mass is 450 g/mol. The molecule has 1 aromatic heterocycles. The van der Waals surface area contributed by atoms with Crippen molar-refractivity contribution < 1.29 is 9.18 Å². The predicted molar refractivity (Wildman–Crippen MR) is 87.4 cm³/mol. The molecule has 0 atom stereocenters. The summed E-state index contributed by atoms with van der Waals surface area (Å²) in [5.41, 5.74) is 2.31. The van der Waals surface area contributed by atoms with Gasteiger partial charge < -0.3 is 0 Å². The fraction of sp³-hybridized carbons (Fsp3) is 0.286. The number of nitrogens with zero attached hydrogens (tertiary/aromatic N) is 2. The van der Waals surface area contributed by atoms with Crippen molar-refractivity contribution in [2.45, 2.75) is 19.8 Å². The molecule has 0 amide bonds. The lowest BCUT2D eigenvalue weighted by atomic mass is 10.1. The van der Waals surface area contributed by atoms with E-state index in [1.807, 2.05) is 36.6 Å². The number of hydrogen-bond donors (Lipinski definition) is 0. The largest absolute Gasteiger partial charge is 0.294 e. The van der Waals surface area contributed by atoms with Crippen LogP contribution >= 0.6 is 38.5 Å². The van der Waals surface area contributed by atoms with Crippen molar-refractivity contribution in [3.05, 3.63) is 49.0 Å². The maximum absolute atomic E-state index is 13.1. The zero-order valence-electron chi connectivity index (χ0n) is 11.1. The lowest BCUT2D eigenvalue weighted by Gasteiger charge is -2.05. The van der Waals surface area contributed by atoms with E-state index in [1.165, 1.54) is 18.2 Å². The lowest BCUT2D eigenvalue weighted by Crippen LogP contribution is -2.10. The number of benzene rings is 1. The van der Waals surface area contributed by atoms with E-state index in [0.717, 1.165) is 22.3 Å². The van der Waals surface area contributed by atoms with Gasteiger partial charge in [-0.1, -0.05) is 6.92 Å². The highest BCUT2D eigenvalue weighted by Gasteiger charge is 2.18. The SMILES string of the molecule is CCc1nn(C)c(CC(=O)c2ccc(F)cc2I)c1Br. The van der Waals surface area contributed by atoms with Crippen LogP contribution in [-0.4, -0.2) is 15.6 Å². The van der Waals surface area contributed by atoms with Gasteiger partial charge >= 0.3 is 0 Å². The number of Topliss-reactive ketones (excluding diaryl/α,β-unsaturated/α-hetero) is 1. The van der Waals surface area contributed by atoms with Crippen LogP contribution in [0.1, 0.15) is 28.7 Å². The first-order chi connectivity index (χ1) is 9.43. The normalized spacial score (nSPS) is 10.8. The van der Waals surface area contributed by atoms with Gasteiger partial charge in [0.1, 0.15) is 5.82 Å². The number of hydrogen-bond acceptors (Lipinski definition) is 2. The number of ketones is 1. The Kier molecular flexibility index (Phi) is 4.95. The Hall–Kier alpha value is -0.760. The summed E-state index contributed by atoms with van der Waals surface area (Å²) in [5, 5.41) is 4.37. The van der Waals surface area contributed by atoms with Gasteiger partial charge in [-0.05, 0) is 63.1 Å². The van der Waals surface area contributed by atoms with Gasteiger partial charge in [0.2, 0.25) is 0 Å². The molecule has 3 nitrogen and oxygen atoms in total. The Labute approximate surface area is 138 Å². The third-order valence-corrected chi connectivity index (χ3v) is 4.87. The maximum atomic E-state index is 13.1. The van der Waals surface area contributed by atoms with Crippen molar-refractivity contribution in [2.75, 3.05) is 0 Å². The minimum atomic E-state index is -0.332. The van der Waals surface area contributed by atoms with Crippen LogP contribution in [0.3, 0.4) is 0 Å². The fourth-order valence-electron chi connectivity index (χ4n) is 1.97. The number of rotatable bonds is 4. The van der Waals surface area contributed by atoms with Crippen LogP contribution in [0.25, 0.3) is 0 Å². The van der Waals surface area contributed by atoms with Crippen molar-refractivity contribution in [3.63, 3.8) is 0 Å². The second kappa shape index (κ2) is 6.34. The highest BCUT2D eigenvalue weighted by atomic mass is 127. The smallest absolute Gasteiger partial charge is 0.169 e. The second-order valence-electron chi connectivity index (χ2n) is 4.41. The van der Waals surface area contributed by atoms with Crippen LogP contribution in [0.2, 0.25) is 0 Å². The van der Waals surface area contributed by atoms with Crippen LogP contribution in [0.4, 0.5) is 4.39 Å². The van der Waals surface area contributed by atoms with E-state index in [4.69, 9.17) is 0 Å². The number of carbonyl (C=O) groups excluding carboxylic acids is 1. The first-order valence-corrected chi connectivity index (χ1v) is 7.99. The number of carbonyl (C=O) groups is 1. The molecule has 0 fully saturated rings. The zero-order chi connectivity index (χ0) is 14.9. The molecule has 2 rings (SSSR count). The molecule has 0 saturated heterocycles. The van der Waals surface area contributed by atoms with Gasteiger partial charge in [-0.2, -0.15) is 5.10 Å². The average Bonchev–Trinajstić information content (AvgIpc) is 2.66. The van der Waals surface area contributed by atoms with Crippen LogP contribution in [0.5, 0.6) is 0 Å². The van der Waals surface area contributed by atoms with Gasteiger partial charge in [0.05, 0.1) is 22.3 Å².